The fraction of sp³-hybridized carbons (Fsp3) is 0.222. The van der Waals surface area contributed by atoms with Crippen LogP contribution in [0.25, 0.3) is 5.69 Å². The Morgan fingerprint density at radius 2 is 2.16 bits per heavy atom. The van der Waals surface area contributed by atoms with Gasteiger partial charge in [-0.05, 0) is 36.8 Å². The lowest BCUT2D eigenvalue weighted by Gasteiger charge is -2.09. The van der Waals surface area contributed by atoms with E-state index in [0.717, 1.165) is 28.0 Å². The molecule has 0 bridgehead atoms. The lowest BCUT2D eigenvalue weighted by atomic mass is 10.1. The van der Waals surface area contributed by atoms with Crippen LogP contribution < -0.4 is 0 Å². The van der Waals surface area contributed by atoms with Gasteiger partial charge in [0, 0.05) is 22.5 Å². The van der Waals surface area contributed by atoms with Crippen molar-refractivity contribution in [1.82, 2.24) is 20.0 Å². The van der Waals surface area contributed by atoms with Gasteiger partial charge < -0.3 is 4.74 Å². The first-order valence-electron chi connectivity index (χ1n) is 7.89. The van der Waals surface area contributed by atoms with Crippen LogP contribution in [0, 0.1) is 0 Å². The molecule has 0 aliphatic heterocycles. The number of carbonyl (C=O) groups excluding carboxylic acids is 1. The van der Waals surface area contributed by atoms with Gasteiger partial charge in [-0.3, -0.25) is 0 Å². The van der Waals surface area contributed by atoms with Crippen LogP contribution in [0.2, 0.25) is 0 Å². The second kappa shape index (κ2) is 6.40. The second-order valence-corrected chi connectivity index (χ2v) is 6.84. The predicted octanol–water partition coefficient (Wildman–Crippen LogP) is 3.48. The minimum absolute atomic E-state index is 0.160. The van der Waals surface area contributed by atoms with Gasteiger partial charge in [0.25, 0.3) is 0 Å². The molecule has 6 nitrogen and oxygen atoms in total. The van der Waals surface area contributed by atoms with Crippen molar-refractivity contribution in [2.45, 2.75) is 18.3 Å². The highest BCUT2D eigenvalue weighted by molar-refractivity contribution is 9.10. The van der Waals surface area contributed by atoms with Gasteiger partial charge >= 0.3 is 5.97 Å². The first-order chi connectivity index (χ1) is 12.2. The summed E-state index contributed by atoms with van der Waals surface area (Å²) in [5.74, 6) is 0.0213. The van der Waals surface area contributed by atoms with Crippen LogP contribution in [-0.2, 0) is 4.74 Å². The predicted molar refractivity (Wildman–Crippen MR) is 94.7 cm³/mol. The summed E-state index contributed by atoms with van der Waals surface area (Å²) in [6.45, 7) is 0. The number of nitrogens with zero attached hydrogens (tertiary/aromatic N) is 4. The highest BCUT2D eigenvalue weighted by Gasteiger charge is 2.45. The SMILES string of the molecule is COC(=O)c1cnn(-c2cccc(Br)c2)c1C1CC1c1cccnn1. The highest BCUT2D eigenvalue weighted by atomic mass is 79.9. The van der Waals surface area contributed by atoms with Crippen molar-refractivity contribution in [2.75, 3.05) is 7.11 Å². The summed E-state index contributed by atoms with van der Waals surface area (Å²) < 4.78 is 7.71. The van der Waals surface area contributed by atoms with Gasteiger partial charge in [-0.25, -0.2) is 9.48 Å². The molecule has 2 unspecified atom stereocenters. The van der Waals surface area contributed by atoms with Gasteiger partial charge in [0.15, 0.2) is 0 Å². The Hall–Kier alpha value is -2.54. The Bertz CT molecular complexity index is 926. The van der Waals surface area contributed by atoms with E-state index in [1.165, 1.54) is 7.11 Å². The first-order valence-corrected chi connectivity index (χ1v) is 8.68. The third-order valence-corrected chi connectivity index (χ3v) is 4.87. The standard InChI is InChI=1S/C18H15BrN4O2/c1-25-18(24)15-10-21-23(12-5-2-4-11(19)8-12)17(15)14-9-13(14)16-6-3-7-20-22-16/h2-8,10,13-14H,9H2,1H3. The van der Waals surface area contributed by atoms with Crippen LogP contribution in [-0.4, -0.2) is 33.1 Å². The molecule has 3 aromatic rings. The van der Waals surface area contributed by atoms with Gasteiger partial charge in [-0.15, -0.1) is 0 Å². The van der Waals surface area contributed by atoms with Gasteiger partial charge in [0.05, 0.1) is 30.4 Å². The number of halogens is 1. The molecule has 2 atom stereocenters. The van der Waals surface area contributed by atoms with Crippen molar-refractivity contribution in [2.24, 2.45) is 0 Å². The lowest BCUT2D eigenvalue weighted by molar-refractivity contribution is 0.0599. The van der Waals surface area contributed by atoms with E-state index < -0.39 is 0 Å². The van der Waals surface area contributed by atoms with Crippen molar-refractivity contribution in [1.29, 1.82) is 0 Å². The van der Waals surface area contributed by atoms with E-state index in [0.29, 0.717) is 5.56 Å². The van der Waals surface area contributed by atoms with E-state index >= 15 is 0 Å². The smallest absolute Gasteiger partial charge is 0.341 e. The zero-order valence-electron chi connectivity index (χ0n) is 13.5. The molecule has 0 amide bonds. The molecule has 0 N–H and O–H groups in total. The number of aromatic nitrogens is 4. The van der Waals surface area contributed by atoms with E-state index in [-0.39, 0.29) is 17.8 Å². The van der Waals surface area contributed by atoms with Crippen LogP contribution >= 0.6 is 15.9 Å². The largest absolute Gasteiger partial charge is 0.465 e. The van der Waals surface area contributed by atoms with E-state index in [9.17, 15) is 4.79 Å². The highest BCUT2D eigenvalue weighted by Crippen LogP contribution is 2.55. The number of esters is 1. The molecule has 4 rings (SSSR count). The van der Waals surface area contributed by atoms with Crippen LogP contribution in [0.4, 0.5) is 0 Å². The summed E-state index contributed by atoms with van der Waals surface area (Å²) in [5, 5.41) is 12.6. The number of benzene rings is 1. The topological polar surface area (TPSA) is 69.9 Å². The molecular weight excluding hydrogens is 384 g/mol. The molecular formula is C18H15BrN4O2. The van der Waals surface area contributed by atoms with Crippen molar-refractivity contribution in [3.63, 3.8) is 0 Å². The summed E-state index contributed by atoms with van der Waals surface area (Å²) in [4.78, 5) is 12.2. The quantitative estimate of drug-likeness (QED) is 0.629. The molecule has 0 radical (unpaired) electrons. The van der Waals surface area contributed by atoms with Crippen molar-refractivity contribution < 1.29 is 9.53 Å². The zero-order chi connectivity index (χ0) is 17.4. The zero-order valence-corrected chi connectivity index (χ0v) is 15.0. The lowest BCUT2D eigenvalue weighted by Crippen LogP contribution is -2.08. The average Bonchev–Trinajstić information content (AvgIpc) is 3.32. The molecule has 25 heavy (non-hydrogen) atoms. The Kier molecular flexibility index (Phi) is 4.09. The fourth-order valence-electron chi connectivity index (χ4n) is 3.13. The average molecular weight is 399 g/mol. The third-order valence-electron chi connectivity index (χ3n) is 4.38. The summed E-state index contributed by atoms with van der Waals surface area (Å²) in [5.41, 5.74) is 3.19. The number of hydrogen-bond acceptors (Lipinski definition) is 5. The molecule has 1 aliphatic rings. The molecule has 2 heterocycles. The van der Waals surface area contributed by atoms with Crippen LogP contribution in [0.1, 0.15) is 40.0 Å². The Morgan fingerprint density at radius 3 is 2.88 bits per heavy atom. The number of hydrogen-bond donors (Lipinski definition) is 0. The number of methoxy groups -OCH3 is 1. The van der Waals surface area contributed by atoms with Gasteiger partial charge in [0.1, 0.15) is 5.56 Å². The van der Waals surface area contributed by atoms with E-state index in [2.05, 4.69) is 31.2 Å². The van der Waals surface area contributed by atoms with E-state index in [1.54, 1.807) is 12.4 Å². The summed E-state index contributed by atoms with van der Waals surface area (Å²) in [7, 11) is 1.38. The minimum atomic E-state index is -0.374. The number of ether oxygens (including phenoxy) is 1. The van der Waals surface area contributed by atoms with Crippen molar-refractivity contribution in [3.05, 3.63) is 70.2 Å². The van der Waals surface area contributed by atoms with Gasteiger partial charge in [-0.2, -0.15) is 15.3 Å². The van der Waals surface area contributed by atoms with E-state index in [1.807, 2.05) is 41.1 Å². The molecule has 126 valence electrons. The Balaban J connectivity index is 1.77. The summed E-state index contributed by atoms with van der Waals surface area (Å²) >= 11 is 3.48. The molecule has 0 saturated heterocycles. The molecule has 1 aromatic carbocycles. The molecule has 1 aliphatic carbocycles. The molecule has 1 fully saturated rings. The molecule has 7 heteroatoms. The van der Waals surface area contributed by atoms with Crippen LogP contribution in [0.15, 0.2) is 53.3 Å². The monoisotopic (exact) mass is 398 g/mol. The fourth-order valence-corrected chi connectivity index (χ4v) is 3.52. The van der Waals surface area contributed by atoms with Crippen LogP contribution in [0.5, 0.6) is 0 Å². The van der Waals surface area contributed by atoms with Gasteiger partial charge in [0.2, 0.25) is 0 Å². The molecule has 2 aromatic heterocycles. The molecule has 1 saturated carbocycles. The first kappa shape index (κ1) is 16.0. The normalized spacial score (nSPS) is 18.8. The number of carbonyl (C=O) groups is 1. The maximum atomic E-state index is 12.2. The van der Waals surface area contributed by atoms with E-state index in [4.69, 9.17) is 4.74 Å². The van der Waals surface area contributed by atoms with Crippen LogP contribution in [0.3, 0.4) is 0 Å². The summed E-state index contributed by atoms with van der Waals surface area (Å²) in [6, 6.07) is 11.7. The maximum Gasteiger partial charge on any atom is 0.341 e. The summed E-state index contributed by atoms with van der Waals surface area (Å²) in [6.07, 6.45) is 4.14. The van der Waals surface area contributed by atoms with Crippen molar-refractivity contribution >= 4 is 21.9 Å². The minimum Gasteiger partial charge on any atom is -0.465 e. The Labute approximate surface area is 153 Å². The van der Waals surface area contributed by atoms with Crippen molar-refractivity contribution in [3.8, 4) is 5.69 Å². The second-order valence-electron chi connectivity index (χ2n) is 5.92. The third kappa shape index (κ3) is 2.95. The van der Waals surface area contributed by atoms with Gasteiger partial charge in [-0.1, -0.05) is 22.0 Å². The number of rotatable bonds is 4. The molecule has 0 spiro atoms. The Morgan fingerprint density at radius 1 is 1.28 bits per heavy atom. The maximum absolute atomic E-state index is 12.2.